The minimum atomic E-state index is 0.205. The second-order valence-corrected chi connectivity index (χ2v) is 5.06. The fourth-order valence-electron chi connectivity index (χ4n) is 1.87. The molecule has 0 fully saturated rings. The van der Waals surface area contributed by atoms with Crippen molar-refractivity contribution in [3.05, 3.63) is 64.8 Å². The molecule has 2 nitrogen and oxygen atoms in total. The van der Waals surface area contributed by atoms with Gasteiger partial charge in [0.15, 0.2) is 0 Å². The molecule has 0 spiro atoms. The summed E-state index contributed by atoms with van der Waals surface area (Å²) in [4.78, 5) is 4.51. The van der Waals surface area contributed by atoms with E-state index in [1.165, 1.54) is 0 Å². The Morgan fingerprint density at radius 2 is 2.00 bits per heavy atom. The molecular formula is C16H13Cl2NO. The van der Waals surface area contributed by atoms with Crippen LogP contribution in [0.3, 0.4) is 0 Å². The number of hydrogen-bond acceptors (Lipinski definition) is 2. The molecule has 1 aromatic heterocycles. The highest BCUT2D eigenvalue weighted by atomic mass is 35.5. The minimum Gasteiger partial charge on any atom is -0.508 e. The van der Waals surface area contributed by atoms with Gasteiger partial charge >= 0.3 is 0 Å². The quantitative estimate of drug-likeness (QED) is 0.789. The van der Waals surface area contributed by atoms with Crippen molar-refractivity contribution < 1.29 is 5.11 Å². The van der Waals surface area contributed by atoms with Gasteiger partial charge in [-0.05, 0) is 37.3 Å². The van der Waals surface area contributed by atoms with E-state index in [2.05, 4.69) is 11.6 Å². The van der Waals surface area contributed by atoms with Crippen molar-refractivity contribution in [2.24, 2.45) is 0 Å². The molecule has 1 N–H and O–H groups in total. The van der Waals surface area contributed by atoms with Crippen LogP contribution < -0.4 is 0 Å². The van der Waals surface area contributed by atoms with Gasteiger partial charge in [-0.3, -0.25) is 0 Å². The maximum Gasteiger partial charge on any atom is 0.116 e. The first kappa shape index (κ1) is 14.6. The van der Waals surface area contributed by atoms with Gasteiger partial charge in [0.1, 0.15) is 5.75 Å². The van der Waals surface area contributed by atoms with Crippen LogP contribution in [0.25, 0.3) is 16.5 Å². The molecule has 0 aliphatic carbocycles. The van der Waals surface area contributed by atoms with Crippen molar-refractivity contribution >= 4 is 39.7 Å². The third-order valence-electron chi connectivity index (χ3n) is 2.75. The summed E-state index contributed by atoms with van der Waals surface area (Å²) in [5.41, 5.74) is 1.99. The first-order chi connectivity index (χ1) is 9.52. The molecule has 1 heterocycles. The normalized spacial score (nSPS) is 12.8. The van der Waals surface area contributed by atoms with E-state index >= 15 is 0 Å². The van der Waals surface area contributed by atoms with Crippen LogP contribution in [0.2, 0.25) is 0 Å². The van der Waals surface area contributed by atoms with E-state index in [1.54, 1.807) is 30.3 Å². The zero-order valence-electron chi connectivity index (χ0n) is 10.9. The van der Waals surface area contributed by atoms with E-state index in [1.807, 2.05) is 19.1 Å². The highest BCUT2D eigenvalue weighted by Gasteiger charge is 2.11. The van der Waals surface area contributed by atoms with Gasteiger partial charge in [0.2, 0.25) is 0 Å². The monoisotopic (exact) mass is 305 g/mol. The summed E-state index contributed by atoms with van der Waals surface area (Å²) in [5.74, 6) is 0.205. The lowest BCUT2D eigenvalue weighted by molar-refractivity contribution is 0.476. The molecule has 1 aromatic carbocycles. The summed E-state index contributed by atoms with van der Waals surface area (Å²) in [6.45, 7) is 5.61. The van der Waals surface area contributed by atoms with Crippen LogP contribution in [0.15, 0.2) is 59.1 Å². The summed E-state index contributed by atoms with van der Waals surface area (Å²) in [6, 6.07) is 8.64. The predicted octanol–water partition coefficient (Wildman–Crippen LogP) is 5.22. The van der Waals surface area contributed by atoms with E-state index in [4.69, 9.17) is 23.2 Å². The van der Waals surface area contributed by atoms with E-state index in [-0.39, 0.29) is 5.75 Å². The molecule has 20 heavy (non-hydrogen) atoms. The molecule has 0 aliphatic heterocycles. The molecule has 0 amide bonds. The van der Waals surface area contributed by atoms with Crippen LogP contribution in [-0.2, 0) is 0 Å². The van der Waals surface area contributed by atoms with Crippen LogP contribution in [-0.4, -0.2) is 10.1 Å². The Hall–Kier alpha value is -1.77. The second kappa shape index (κ2) is 6.12. The highest BCUT2D eigenvalue weighted by Crippen LogP contribution is 2.31. The Kier molecular flexibility index (Phi) is 4.48. The number of hydrogen-bond donors (Lipinski definition) is 1. The van der Waals surface area contributed by atoms with Crippen molar-refractivity contribution in [3.8, 4) is 5.75 Å². The average Bonchev–Trinajstić information content (AvgIpc) is 2.39. The molecule has 0 saturated carbocycles. The fourth-order valence-corrected chi connectivity index (χ4v) is 2.46. The van der Waals surface area contributed by atoms with Gasteiger partial charge in [-0.1, -0.05) is 41.9 Å². The van der Waals surface area contributed by atoms with E-state index < -0.39 is 0 Å². The number of allylic oxidation sites excluding steroid dienone is 5. The molecule has 0 radical (unpaired) electrons. The van der Waals surface area contributed by atoms with Gasteiger partial charge in [0, 0.05) is 16.0 Å². The number of phenolic OH excluding ortho intramolecular Hbond substituents is 1. The Bertz CT molecular complexity index is 732. The van der Waals surface area contributed by atoms with Crippen molar-refractivity contribution in [2.45, 2.75) is 6.92 Å². The highest BCUT2D eigenvalue weighted by molar-refractivity contribution is 6.42. The number of aromatic hydroxyl groups is 1. The van der Waals surface area contributed by atoms with E-state index in [0.29, 0.717) is 21.3 Å². The van der Waals surface area contributed by atoms with E-state index in [9.17, 15) is 5.11 Å². The van der Waals surface area contributed by atoms with Gasteiger partial charge in [-0.25, -0.2) is 4.98 Å². The summed E-state index contributed by atoms with van der Waals surface area (Å²) < 4.78 is 0. The number of halogens is 2. The van der Waals surface area contributed by atoms with Crippen LogP contribution >= 0.6 is 23.2 Å². The first-order valence-corrected chi connectivity index (χ1v) is 6.76. The lowest BCUT2D eigenvalue weighted by atomic mass is 10.1. The molecule has 0 atom stereocenters. The summed E-state index contributed by atoms with van der Waals surface area (Å²) >= 11 is 12.3. The van der Waals surface area contributed by atoms with Crippen molar-refractivity contribution in [2.75, 3.05) is 0 Å². The Balaban J connectivity index is 2.64. The largest absolute Gasteiger partial charge is 0.508 e. The van der Waals surface area contributed by atoms with Crippen molar-refractivity contribution in [1.82, 2.24) is 4.98 Å². The average molecular weight is 306 g/mol. The van der Waals surface area contributed by atoms with Crippen molar-refractivity contribution in [1.29, 1.82) is 0 Å². The standard InChI is InChI=1S/C16H13Cl2NO/c1-3-4-13(18)16(10(2)17)15-7-5-11-9-12(20)6-8-14(11)19-15/h3-9,20H,2H2,1H3/b4-3-,16-13-. The van der Waals surface area contributed by atoms with Crippen LogP contribution in [0.1, 0.15) is 12.6 Å². The first-order valence-electron chi connectivity index (χ1n) is 6.00. The number of aromatic nitrogens is 1. The van der Waals surface area contributed by atoms with Crippen molar-refractivity contribution in [3.63, 3.8) is 0 Å². The van der Waals surface area contributed by atoms with Crippen LogP contribution in [0.4, 0.5) is 0 Å². The fraction of sp³-hybridized carbons (Fsp3) is 0.0625. The topological polar surface area (TPSA) is 33.1 Å². The minimum absolute atomic E-state index is 0.205. The molecular weight excluding hydrogens is 293 g/mol. The van der Waals surface area contributed by atoms with Gasteiger partial charge in [-0.15, -0.1) is 0 Å². The molecule has 4 heteroatoms. The lowest BCUT2D eigenvalue weighted by Gasteiger charge is -2.08. The molecule has 0 aliphatic rings. The number of phenols is 1. The lowest BCUT2D eigenvalue weighted by Crippen LogP contribution is -1.92. The molecule has 0 unspecified atom stereocenters. The Morgan fingerprint density at radius 3 is 2.65 bits per heavy atom. The zero-order valence-corrected chi connectivity index (χ0v) is 12.4. The van der Waals surface area contributed by atoms with Crippen LogP contribution in [0, 0.1) is 0 Å². The smallest absolute Gasteiger partial charge is 0.116 e. The number of fused-ring (bicyclic) bond motifs is 1. The molecule has 2 aromatic rings. The molecule has 0 saturated heterocycles. The van der Waals surface area contributed by atoms with Gasteiger partial charge in [0.25, 0.3) is 0 Å². The maximum absolute atomic E-state index is 9.45. The molecule has 102 valence electrons. The van der Waals surface area contributed by atoms with Gasteiger partial charge < -0.3 is 5.11 Å². The third-order valence-corrected chi connectivity index (χ3v) is 3.26. The number of rotatable bonds is 3. The molecule has 2 rings (SSSR count). The SMILES string of the molecule is C=C(Cl)/C(=C(Cl)\C=C/C)c1ccc2cc(O)ccc2n1. The summed E-state index contributed by atoms with van der Waals surface area (Å²) in [7, 11) is 0. The summed E-state index contributed by atoms with van der Waals surface area (Å²) in [6.07, 6.45) is 3.56. The Morgan fingerprint density at radius 1 is 1.25 bits per heavy atom. The zero-order chi connectivity index (χ0) is 14.7. The predicted molar refractivity (Wildman–Crippen MR) is 86.0 cm³/mol. The number of pyridine rings is 1. The van der Waals surface area contributed by atoms with E-state index in [0.717, 1.165) is 10.9 Å². The maximum atomic E-state index is 9.45. The summed E-state index contributed by atoms with van der Waals surface area (Å²) in [5, 5.41) is 11.1. The second-order valence-electron chi connectivity index (χ2n) is 4.20. The number of benzene rings is 1. The Labute approximate surface area is 127 Å². The molecule has 0 bridgehead atoms. The van der Waals surface area contributed by atoms with Gasteiger partial charge in [0.05, 0.1) is 16.2 Å². The number of nitrogens with zero attached hydrogens (tertiary/aromatic N) is 1. The van der Waals surface area contributed by atoms with Crippen LogP contribution in [0.5, 0.6) is 5.75 Å². The van der Waals surface area contributed by atoms with Gasteiger partial charge in [-0.2, -0.15) is 0 Å². The third kappa shape index (κ3) is 3.03.